The van der Waals surface area contributed by atoms with E-state index in [0.717, 1.165) is 30.7 Å². The van der Waals surface area contributed by atoms with Crippen LogP contribution in [0.2, 0.25) is 0 Å². The van der Waals surface area contributed by atoms with Gasteiger partial charge in [-0.3, -0.25) is 0 Å². The lowest BCUT2D eigenvalue weighted by atomic mass is 10.0. The van der Waals surface area contributed by atoms with Crippen LogP contribution in [0.4, 0.5) is 0 Å². The first-order valence-electron chi connectivity index (χ1n) is 6.91. The minimum Gasteiger partial charge on any atom is -0.496 e. The number of hydrogen-bond acceptors (Lipinski definition) is 5. The highest BCUT2D eigenvalue weighted by Gasteiger charge is 2.23. The first kappa shape index (κ1) is 13.1. The second kappa shape index (κ2) is 5.25. The van der Waals surface area contributed by atoms with Gasteiger partial charge in [-0.15, -0.1) is 0 Å². The molecule has 0 saturated carbocycles. The van der Waals surface area contributed by atoms with E-state index in [-0.39, 0.29) is 6.04 Å². The van der Waals surface area contributed by atoms with Crippen LogP contribution in [-0.2, 0) is 0 Å². The van der Waals surface area contributed by atoms with E-state index in [9.17, 15) is 0 Å². The van der Waals surface area contributed by atoms with Gasteiger partial charge in [0.2, 0.25) is 11.7 Å². The molecule has 106 valence electrons. The van der Waals surface area contributed by atoms with Gasteiger partial charge in [0.25, 0.3) is 0 Å². The minimum absolute atomic E-state index is 0.189. The molecule has 3 rings (SSSR count). The number of ether oxygens (including phenoxy) is 1. The van der Waals surface area contributed by atoms with Crippen LogP contribution in [0.15, 0.2) is 16.7 Å². The first-order valence-corrected chi connectivity index (χ1v) is 6.91. The average molecular weight is 273 g/mol. The fourth-order valence-corrected chi connectivity index (χ4v) is 2.51. The van der Waals surface area contributed by atoms with Gasteiger partial charge in [-0.2, -0.15) is 4.98 Å². The largest absolute Gasteiger partial charge is 0.496 e. The third-order valence-corrected chi connectivity index (χ3v) is 3.86. The number of aromatic nitrogens is 2. The lowest BCUT2D eigenvalue weighted by Crippen LogP contribution is -2.12. The summed E-state index contributed by atoms with van der Waals surface area (Å²) in [7, 11) is 1.66. The maximum atomic E-state index is 5.43. The quantitative estimate of drug-likeness (QED) is 0.931. The number of aryl methyl sites for hydroxylation is 2. The molecule has 1 aromatic heterocycles. The summed E-state index contributed by atoms with van der Waals surface area (Å²) in [6.45, 7) is 5.14. The fraction of sp³-hybridized carbons (Fsp3) is 0.467. The van der Waals surface area contributed by atoms with E-state index in [1.165, 1.54) is 11.1 Å². The van der Waals surface area contributed by atoms with Gasteiger partial charge < -0.3 is 14.6 Å². The predicted molar refractivity (Wildman–Crippen MR) is 75.7 cm³/mol. The number of hydrogen-bond donors (Lipinski definition) is 1. The fourth-order valence-electron chi connectivity index (χ4n) is 2.51. The van der Waals surface area contributed by atoms with Crippen molar-refractivity contribution < 1.29 is 9.26 Å². The molecule has 1 saturated heterocycles. The molecule has 20 heavy (non-hydrogen) atoms. The molecule has 1 atom stereocenters. The van der Waals surface area contributed by atoms with Gasteiger partial charge in [-0.25, -0.2) is 0 Å². The molecule has 1 aliphatic heterocycles. The van der Waals surface area contributed by atoms with Crippen LogP contribution in [-0.4, -0.2) is 23.8 Å². The Kier molecular flexibility index (Phi) is 3.44. The lowest BCUT2D eigenvalue weighted by Gasteiger charge is -2.08. The lowest BCUT2D eigenvalue weighted by molar-refractivity contribution is 0.344. The highest BCUT2D eigenvalue weighted by Crippen LogP contribution is 2.32. The summed E-state index contributed by atoms with van der Waals surface area (Å²) in [6, 6.07) is 4.24. The van der Waals surface area contributed by atoms with Crippen LogP contribution in [0, 0.1) is 13.8 Å². The summed E-state index contributed by atoms with van der Waals surface area (Å²) in [5.74, 6) is 2.03. The summed E-state index contributed by atoms with van der Waals surface area (Å²) >= 11 is 0. The van der Waals surface area contributed by atoms with Gasteiger partial charge in [0.05, 0.1) is 18.7 Å². The van der Waals surface area contributed by atoms with Gasteiger partial charge in [0.1, 0.15) is 5.75 Å². The molecule has 0 radical (unpaired) electrons. The number of rotatable bonds is 3. The van der Waals surface area contributed by atoms with Crippen LogP contribution in [0.1, 0.15) is 35.9 Å². The molecule has 1 aromatic carbocycles. The SMILES string of the molecule is COc1cc(C)c(C)cc1-c1noc([C@@H]2CCCN2)n1. The number of nitrogens with one attached hydrogen (secondary N) is 1. The predicted octanol–water partition coefficient (Wildman–Crippen LogP) is 2.79. The summed E-state index contributed by atoms with van der Waals surface area (Å²) < 4.78 is 10.8. The van der Waals surface area contributed by atoms with Crippen LogP contribution >= 0.6 is 0 Å². The van der Waals surface area contributed by atoms with E-state index < -0.39 is 0 Å². The monoisotopic (exact) mass is 273 g/mol. The van der Waals surface area contributed by atoms with E-state index >= 15 is 0 Å². The van der Waals surface area contributed by atoms with Crippen molar-refractivity contribution in [2.24, 2.45) is 0 Å². The molecule has 2 heterocycles. The molecule has 0 amide bonds. The first-order chi connectivity index (χ1) is 9.69. The van der Waals surface area contributed by atoms with Crippen molar-refractivity contribution in [3.05, 3.63) is 29.2 Å². The van der Waals surface area contributed by atoms with Crippen molar-refractivity contribution in [2.75, 3.05) is 13.7 Å². The Morgan fingerprint density at radius 3 is 2.80 bits per heavy atom. The molecule has 5 nitrogen and oxygen atoms in total. The average Bonchev–Trinajstić information content (AvgIpc) is 3.10. The van der Waals surface area contributed by atoms with Crippen molar-refractivity contribution in [1.82, 2.24) is 15.5 Å². The molecule has 1 aliphatic rings. The zero-order valence-corrected chi connectivity index (χ0v) is 12.1. The third-order valence-electron chi connectivity index (χ3n) is 3.86. The zero-order valence-electron chi connectivity index (χ0n) is 12.1. The molecule has 2 aromatic rings. The van der Waals surface area contributed by atoms with E-state index in [1.807, 2.05) is 12.1 Å². The number of methoxy groups -OCH3 is 1. The summed E-state index contributed by atoms with van der Waals surface area (Å²) in [6.07, 6.45) is 2.20. The standard InChI is InChI=1S/C15H19N3O2/c1-9-7-11(13(19-3)8-10(9)2)14-17-15(20-18-14)12-5-4-6-16-12/h7-8,12,16H,4-6H2,1-3H3/t12-/m0/s1. The summed E-state index contributed by atoms with van der Waals surface area (Å²) in [5, 5.41) is 7.46. The Balaban J connectivity index is 1.98. The van der Waals surface area contributed by atoms with Crippen molar-refractivity contribution in [2.45, 2.75) is 32.7 Å². The van der Waals surface area contributed by atoms with E-state index in [0.29, 0.717) is 11.7 Å². The van der Waals surface area contributed by atoms with Crippen molar-refractivity contribution in [3.63, 3.8) is 0 Å². The minimum atomic E-state index is 0.189. The van der Waals surface area contributed by atoms with E-state index in [2.05, 4.69) is 29.3 Å². The van der Waals surface area contributed by atoms with Gasteiger partial charge in [0.15, 0.2) is 0 Å². The summed E-state index contributed by atoms with van der Waals surface area (Å²) in [5.41, 5.74) is 3.25. The number of benzene rings is 1. The van der Waals surface area contributed by atoms with Crippen LogP contribution in [0.3, 0.4) is 0 Å². The van der Waals surface area contributed by atoms with E-state index in [1.54, 1.807) is 7.11 Å². The Morgan fingerprint density at radius 1 is 1.30 bits per heavy atom. The molecule has 0 bridgehead atoms. The number of nitrogens with zero attached hydrogens (tertiary/aromatic N) is 2. The highest BCUT2D eigenvalue weighted by atomic mass is 16.5. The molecule has 0 aliphatic carbocycles. The second-order valence-electron chi connectivity index (χ2n) is 5.24. The van der Waals surface area contributed by atoms with Gasteiger partial charge in [-0.1, -0.05) is 5.16 Å². The zero-order chi connectivity index (χ0) is 14.1. The molecular formula is C15H19N3O2. The summed E-state index contributed by atoms with van der Waals surface area (Å²) in [4.78, 5) is 4.52. The van der Waals surface area contributed by atoms with Crippen LogP contribution in [0.25, 0.3) is 11.4 Å². The second-order valence-corrected chi connectivity index (χ2v) is 5.24. The van der Waals surface area contributed by atoms with Crippen molar-refractivity contribution in [3.8, 4) is 17.1 Å². The molecule has 1 fully saturated rings. The maximum Gasteiger partial charge on any atom is 0.244 e. The highest BCUT2D eigenvalue weighted by molar-refractivity contribution is 5.66. The molecule has 5 heteroatoms. The maximum absolute atomic E-state index is 5.43. The Labute approximate surface area is 118 Å². The van der Waals surface area contributed by atoms with Crippen LogP contribution < -0.4 is 10.1 Å². The van der Waals surface area contributed by atoms with Crippen LogP contribution in [0.5, 0.6) is 5.75 Å². The van der Waals surface area contributed by atoms with Gasteiger partial charge in [-0.05, 0) is 56.5 Å². The van der Waals surface area contributed by atoms with Gasteiger partial charge >= 0.3 is 0 Å². The molecule has 0 unspecified atom stereocenters. The normalized spacial score (nSPS) is 18.4. The smallest absolute Gasteiger partial charge is 0.244 e. The van der Waals surface area contributed by atoms with E-state index in [4.69, 9.17) is 9.26 Å². The Bertz CT molecular complexity index is 616. The molecule has 1 N–H and O–H groups in total. The topological polar surface area (TPSA) is 60.2 Å². The molecule has 0 spiro atoms. The molecular weight excluding hydrogens is 254 g/mol. The Morgan fingerprint density at radius 2 is 2.10 bits per heavy atom. The third kappa shape index (κ3) is 2.29. The van der Waals surface area contributed by atoms with Crippen molar-refractivity contribution >= 4 is 0 Å². The van der Waals surface area contributed by atoms with Gasteiger partial charge in [0, 0.05) is 0 Å². The van der Waals surface area contributed by atoms with Crippen molar-refractivity contribution in [1.29, 1.82) is 0 Å². The Hall–Kier alpha value is -1.88.